The number of rotatable bonds is 6. The largest absolute Gasteiger partial charge is 0.353 e. The third-order valence-corrected chi connectivity index (χ3v) is 5.19. The molecule has 1 aliphatic rings. The van der Waals surface area contributed by atoms with Gasteiger partial charge in [0.25, 0.3) is 5.91 Å². The number of nitrogens with one attached hydrogen (secondary N) is 2. The molecule has 0 unspecified atom stereocenters. The topological polar surface area (TPSA) is 58.2 Å². The molecule has 0 atom stereocenters. The summed E-state index contributed by atoms with van der Waals surface area (Å²) >= 11 is 7.55. The van der Waals surface area contributed by atoms with E-state index in [1.165, 1.54) is 11.8 Å². The summed E-state index contributed by atoms with van der Waals surface area (Å²) in [6.45, 7) is 1.94. The Morgan fingerprint density at radius 1 is 1.20 bits per heavy atom. The molecule has 6 heteroatoms. The molecule has 1 aliphatic carbocycles. The van der Waals surface area contributed by atoms with Gasteiger partial charge in [-0.25, -0.2) is 0 Å². The lowest BCUT2D eigenvalue weighted by Crippen LogP contribution is -2.27. The number of halogens is 1. The van der Waals surface area contributed by atoms with Crippen LogP contribution < -0.4 is 10.6 Å². The Bertz CT molecular complexity index is 806. The van der Waals surface area contributed by atoms with Gasteiger partial charge in [-0.3, -0.25) is 9.59 Å². The third-order valence-electron chi connectivity index (χ3n) is 3.81. The van der Waals surface area contributed by atoms with Crippen molar-refractivity contribution in [2.45, 2.75) is 30.7 Å². The van der Waals surface area contributed by atoms with E-state index in [0.717, 1.165) is 23.3 Å². The molecule has 0 bridgehead atoms. The van der Waals surface area contributed by atoms with Crippen molar-refractivity contribution in [1.82, 2.24) is 5.32 Å². The van der Waals surface area contributed by atoms with Gasteiger partial charge in [-0.1, -0.05) is 29.8 Å². The third kappa shape index (κ3) is 5.00. The Morgan fingerprint density at radius 3 is 2.68 bits per heavy atom. The molecule has 2 amide bonds. The molecule has 25 heavy (non-hydrogen) atoms. The first-order valence-corrected chi connectivity index (χ1v) is 9.48. The molecule has 0 radical (unpaired) electrons. The van der Waals surface area contributed by atoms with E-state index in [1.807, 2.05) is 25.1 Å². The number of anilines is 1. The summed E-state index contributed by atoms with van der Waals surface area (Å²) in [5.41, 5.74) is 2.13. The number of thioether (sulfide) groups is 1. The summed E-state index contributed by atoms with van der Waals surface area (Å²) in [7, 11) is 0. The Kier molecular flexibility index (Phi) is 5.66. The highest BCUT2D eigenvalue weighted by Crippen LogP contribution is 2.27. The van der Waals surface area contributed by atoms with E-state index < -0.39 is 0 Å². The van der Waals surface area contributed by atoms with Crippen molar-refractivity contribution in [3.63, 3.8) is 0 Å². The summed E-state index contributed by atoms with van der Waals surface area (Å²) < 4.78 is 0. The molecule has 2 aromatic carbocycles. The number of hydrogen-bond acceptors (Lipinski definition) is 3. The highest BCUT2D eigenvalue weighted by atomic mass is 35.5. The van der Waals surface area contributed by atoms with E-state index in [2.05, 4.69) is 10.6 Å². The maximum absolute atomic E-state index is 12.6. The molecule has 2 aromatic rings. The van der Waals surface area contributed by atoms with Gasteiger partial charge in [0.05, 0.1) is 22.0 Å². The zero-order valence-corrected chi connectivity index (χ0v) is 15.4. The predicted octanol–water partition coefficient (Wildman–Crippen LogP) is 4.27. The fraction of sp³-hybridized carbons (Fsp3) is 0.263. The van der Waals surface area contributed by atoms with E-state index in [0.29, 0.717) is 28.1 Å². The number of hydrogen-bond donors (Lipinski definition) is 2. The first-order valence-electron chi connectivity index (χ1n) is 8.11. The van der Waals surface area contributed by atoms with Gasteiger partial charge in [0.1, 0.15) is 0 Å². The lowest BCUT2D eigenvalue weighted by molar-refractivity contribution is -0.118. The van der Waals surface area contributed by atoms with Gasteiger partial charge < -0.3 is 10.6 Å². The van der Waals surface area contributed by atoms with Gasteiger partial charge >= 0.3 is 0 Å². The Labute approximate surface area is 156 Å². The zero-order valence-electron chi connectivity index (χ0n) is 13.8. The predicted molar refractivity (Wildman–Crippen MR) is 102 cm³/mol. The van der Waals surface area contributed by atoms with Crippen LogP contribution in [-0.4, -0.2) is 23.6 Å². The first kappa shape index (κ1) is 17.8. The molecule has 130 valence electrons. The number of carbonyl (C=O) groups is 2. The lowest BCUT2D eigenvalue weighted by atomic mass is 10.2. The van der Waals surface area contributed by atoms with Crippen LogP contribution >= 0.6 is 23.4 Å². The summed E-state index contributed by atoms with van der Waals surface area (Å²) in [5, 5.41) is 6.29. The van der Waals surface area contributed by atoms with Crippen LogP contribution in [0.2, 0.25) is 5.02 Å². The first-order chi connectivity index (χ1) is 12.0. The maximum atomic E-state index is 12.6. The minimum absolute atomic E-state index is 0.00397. The number of benzene rings is 2. The second-order valence-corrected chi connectivity index (χ2v) is 7.49. The smallest absolute Gasteiger partial charge is 0.256 e. The average molecular weight is 375 g/mol. The Hall–Kier alpha value is -1.98. The Balaban J connectivity index is 1.68. The summed E-state index contributed by atoms with van der Waals surface area (Å²) in [5.74, 6) is 0.0623. The van der Waals surface area contributed by atoms with Crippen molar-refractivity contribution >= 4 is 40.9 Å². The molecule has 4 nitrogen and oxygen atoms in total. The number of carbonyl (C=O) groups excluding carboxylic acids is 2. The monoisotopic (exact) mass is 374 g/mol. The Morgan fingerprint density at radius 2 is 1.96 bits per heavy atom. The van der Waals surface area contributed by atoms with E-state index >= 15 is 0 Å². The second kappa shape index (κ2) is 7.93. The fourth-order valence-electron chi connectivity index (χ4n) is 2.33. The zero-order chi connectivity index (χ0) is 17.8. The molecule has 0 aliphatic heterocycles. The van der Waals surface area contributed by atoms with Crippen molar-refractivity contribution in [1.29, 1.82) is 0 Å². The van der Waals surface area contributed by atoms with Gasteiger partial charge in [-0.15, -0.1) is 11.8 Å². The minimum atomic E-state index is -0.239. The maximum Gasteiger partial charge on any atom is 0.256 e. The summed E-state index contributed by atoms with van der Waals surface area (Å²) in [6, 6.07) is 13.1. The molecule has 0 saturated heterocycles. The molecule has 0 aromatic heterocycles. The summed E-state index contributed by atoms with van der Waals surface area (Å²) in [6.07, 6.45) is 2.12. The van der Waals surface area contributed by atoms with Gasteiger partial charge in [-0.05, 0) is 49.6 Å². The van der Waals surface area contributed by atoms with Crippen LogP contribution in [0.1, 0.15) is 28.8 Å². The van der Waals surface area contributed by atoms with Gasteiger partial charge in [-0.2, -0.15) is 0 Å². The molecule has 1 fully saturated rings. The number of amides is 2. The fourth-order valence-corrected chi connectivity index (χ4v) is 3.47. The lowest BCUT2D eigenvalue weighted by Gasteiger charge is -2.11. The van der Waals surface area contributed by atoms with Gasteiger partial charge in [0.2, 0.25) is 5.91 Å². The van der Waals surface area contributed by atoms with E-state index in [4.69, 9.17) is 11.6 Å². The van der Waals surface area contributed by atoms with E-state index in [1.54, 1.807) is 24.3 Å². The van der Waals surface area contributed by atoms with Crippen molar-refractivity contribution in [3.05, 3.63) is 58.6 Å². The van der Waals surface area contributed by atoms with Crippen LogP contribution in [0.25, 0.3) is 0 Å². The van der Waals surface area contributed by atoms with Crippen molar-refractivity contribution in [2.24, 2.45) is 0 Å². The second-order valence-electron chi connectivity index (χ2n) is 6.06. The van der Waals surface area contributed by atoms with E-state index in [9.17, 15) is 9.59 Å². The highest BCUT2D eigenvalue weighted by molar-refractivity contribution is 8.00. The average Bonchev–Trinajstić information content (AvgIpc) is 3.39. The molecular weight excluding hydrogens is 356 g/mol. The van der Waals surface area contributed by atoms with Gasteiger partial charge in [0, 0.05) is 10.9 Å². The number of aryl methyl sites for hydroxylation is 1. The standard InChI is InChI=1S/C19H19ClN2O2S/c1-12-6-9-16(15(20)10-12)22-19(24)14-4-2-3-5-17(14)25-11-18(23)21-13-7-8-13/h2-6,9-10,13H,7-8,11H2,1H3,(H,21,23)(H,22,24). The normalized spacial score (nSPS) is 13.4. The molecule has 3 rings (SSSR count). The van der Waals surface area contributed by atoms with Crippen LogP contribution in [0.3, 0.4) is 0 Å². The van der Waals surface area contributed by atoms with E-state index in [-0.39, 0.29) is 11.8 Å². The molecule has 2 N–H and O–H groups in total. The molecular formula is C19H19ClN2O2S. The van der Waals surface area contributed by atoms with Crippen LogP contribution in [0.15, 0.2) is 47.4 Å². The molecule has 0 heterocycles. The minimum Gasteiger partial charge on any atom is -0.353 e. The van der Waals surface area contributed by atoms with Crippen LogP contribution in [0.4, 0.5) is 5.69 Å². The van der Waals surface area contributed by atoms with Crippen molar-refractivity contribution in [2.75, 3.05) is 11.1 Å². The highest BCUT2D eigenvalue weighted by Gasteiger charge is 2.23. The SMILES string of the molecule is Cc1ccc(NC(=O)c2ccccc2SCC(=O)NC2CC2)c(Cl)c1. The van der Waals surface area contributed by atoms with Crippen molar-refractivity contribution < 1.29 is 9.59 Å². The summed E-state index contributed by atoms with van der Waals surface area (Å²) in [4.78, 5) is 25.3. The van der Waals surface area contributed by atoms with Crippen LogP contribution in [0.5, 0.6) is 0 Å². The van der Waals surface area contributed by atoms with Crippen molar-refractivity contribution in [3.8, 4) is 0 Å². The van der Waals surface area contributed by atoms with Gasteiger partial charge in [0.15, 0.2) is 0 Å². The molecule has 0 spiro atoms. The van der Waals surface area contributed by atoms with Crippen LogP contribution in [-0.2, 0) is 4.79 Å². The quantitative estimate of drug-likeness (QED) is 0.742. The molecule has 1 saturated carbocycles. The van der Waals surface area contributed by atoms with Crippen LogP contribution in [0, 0.1) is 6.92 Å².